The van der Waals surface area contributed by atoms with E-state index in [2.05, 4.69) is 5.10 Å². The molecule has 68 valence electrons. The van der Waals surface area contributed by atoms with E-state index in [0.29, 0.717) is 6.54 Å². The van der Waals surface area contributed by atoms with Crippen molar-refractivity contribution in [1.29, 1.82) is 0 Å². The smallest absolute Gasteiger partial charge is 0.182 e. The summed E-state index contributed by atoms with van der Waals surface area (Å²) in [7, 11) is 0. The summed E-state index contributed by atoms with van der Waals surface area (Å²) >= 11 is 0. The molecule has 2 heterocycles. The number of nitrogens with one attached hydrogen (secondary N) is 1. The number of H-pyrrole nitrogens is 1. The molecule has 0 fully saturated rings. The van der Waals surface area contributed by atoms with Crippen molar-refractivity contribution in [2.24, 2.45) is 5.73 Å². The van der Waals surface area contributed by atoms with Gasteiger partial charge >= 0.3 is 0 Å². The van der Waals surface area contributed by atoms with Gasteiger partial charge in [0, 0.05) is 36.1 Å². The fourth-order valence-corrected chi connectivity index (χ4v) is 1.51. The number of hydrogen-bond acceptors (Lipinski definition) is 2. The number of nitrogens with two attached hydrogens (primary N) is 1. The van der Waals surface area contributed by atoms with Crippen LogP contribution < -0.4 is 11.2 Å². The Morgan fingerprint density at radius 3 is 3.08 bits per heavy atom. The summed E-state index contributed by atoms with van der Waals surface area (Å²) < 4.78 is 1.80. The summed E-state index contributed by atoms with van der Waals surface area (Å²) in [4.78, 5) is 11.1. The van der Waals surface area contributed by atoms with Crippen LogP contribution in [0, 0.1) is 6.92 Å². The van der Waals surface area contributed by atoms with Crippen LogP contribution in [0.15, 0.2) is 23.1 Å². The molecule has 2 rings (SSSR count). The second-order valence-corrected chi connectivity index (χ2v) is 3.04. The summed E-state index contributed by atoms with van der Waals surface area (Å²) in [6.45, 7) is 2.39. The molecule has 0 radical (unpaired) electrons. The number of fused-ring (bicyclic) bond motifs is 1. The van der Waals surface area contributed by atoms with Gasteiger partial charge in [-0.25, -0.2) is 0 Å². The topological polar surface area (TPSA) is 63.3 Å². The predicted molar refractivity (Wildman–Crippen MR) is 50.6 cm³/mol. The fraction of sp³-hybridized carbons (Fsp3) is 0.222. The number of aromatic amines is 1. The molecule has 0 saturated heterocycles. The minimum Gasteiger partial charge on any atom is -0.326 e. The maximum Gasteiger partial charge on any atom is 0.182 e. The lowest BCUT2D eigenvalue weighted by molar-refractivity contribution is 0.929. The lowest BCUT2D eigenvalue weighted by atomic mass is 10.2. The molecule has 0 aliphatic rings. The zero-order valence-corrected chi connectivity index (χ0v) is 7.37. The molecule has 0 atom stereocenters. The number of nitrogens with zero attached hydrogens (tertiary/aromatic N) is 1. The first kappa shape index (κ1) is 8.07. The fourth-order valence-electron chi connectivity index (χ4n) is 1.51. The Hall–Kier alpha value is -1.55. The summed E-state index contributed by atoms with van der Waals surface area (Å²) in [6, 6.07) is 3.11. The molecule has 4 nitrogen and oxygen atoms in total. The van der Waals surface area contributed by atoms with Gasteiger partial charge in [-0.2, -0.15) is 0 Å². The largest absolute Gasteiger partial charge is 0.326 e. The van der Waals surface area contributed by atoms with Crippen molar-refractivity contribution in [3.05, 3.63) is 39.8 Å². The van der Waals surface area contributed by atoms with Gasteiger partial charge in [-0.05, 0) is 6.92 Å². The molecule has 2 aromatic rings. The molecule has 0 amide bonds. The quantitative estimate of drug-likeness (QED) is 0.662. The minimum absolute atomic E-state index is 0.00806. The number of aromatic nitrogens is 2. The molecule has 0 spiro atoms. The van der Waals surface area contributed by atoms with Gasteiger partial charge in [0.2, 0.25) is 0 Å². The normalized spacial score (nSPS) is 10.9. The van der Waals surface area contributed by atoms with Crippen molar-refractivity contribution in [2.45, 2.75) is 13.5 Å². The average molecular weight is 177 g/mol. The molecule has 0 aromatic carbocycles. The van der Waals surface area contributed by atoms with Crippen LogP contribution in [0.5, 0.6) is 0 Å². The summed E-state index contributed by atoms with van der Waals surface area (Å²) in [5, 5.41) is 3.10. The van der Waals surface area contributed by atoms with Crippen LogP contribution in [0.25, 0.3) is 5.52 Å². The van der Waals surface area contributed by atoms with Gasteiger partial charge in [0.15, 0.2) is 5.43 Å². The Morgan fingerprint density at radius 2 is 2.38 bits per heavy atom. The highest BCUT2D eigenvalue weighted by atomic mass is 16.1. The second-order valence-electron chi connectivity index (χ2n) is 3.04. The summed E-state index contributed by atoms with van der Waals surface area (Å²) in [5.41, 5.74) is 8.46. The zero-order valence-electron chi connectivity index (χ0n) is 7.37. The molecule has 0 bridgehead atoms. The number of pyridine rings is 1. The molecule has 2 aromatic heterocycles. The van der Waals surface area contributed by atoms with Gasteiger partial charge in [0.05, 0.1) is 5.52 Å². The average Bonchev–Trinajstić information content (AvgIpc) is 2.40. The Morgan fingerprint density at radius 1 is 1.62 bits per heavy atom. The molecular formula is C9H11N3O. The molecular weight excluding hydrogens is 166 g/mol. The number of aryl methyl sites for hydroxylation is 1. The third-order valence-electron chi connectivity index (χ3n) is 2.18. The zero-order chi connectivity index (χ0) is 9.42. The molecule has 0 saturated carbocycles. The second kappa shape index (κ2) is 2.74. The van der Waals surface area contributed by atoms with Crippen LogP contribution in [0.4, 0.5) is 0 Å². The van der Waals surface area contributed by atoms with Crippen molar-refractivity contribution in [3.8, 4) is 0 Å². The Kier molecular flexibility index (Phi) is 1.70. The van der Waals surface area contributed by atoms with Crippen molar-refractivity contribution >= 4 is 5.52 Å². The molecule has 3 N–H and O–H groups in total. The highest BCUT2D eigenvalue weighted by Gasteiger charge is 2.05. The molecule has 0 aliphatic heterocycles. The minimum atomic E-state index is 0.00806. The lowest BCUT2D eigenvalue weighted by Gasteiger charge is -1.93. The van der Waals surface area contributed by atoms with Crippen LogP contribution in [0.1, 0.15) is 11.3 Å². The third kappa shape index (κ3) is 1.15. The van der Waals surface area contributed by atoms with E-state index < -0.39 is 0 Å². The van der Waals surface area contributed by atoms with E-state index >= 15 is 0 Å². The number of hydrogen-bond donors (Lipinski definition) is 2. The maximum atomic E-state index is 11.1. The predicted octanol–water partition coefficient (Wildman–Crippen LogP) is 0.395. The first-order valence-corrected chi connectivity index (χ1v) is 4.12. The van der Waals surface area contributed by atoms with Crippen molar-refractivity contribution in [1.82, 2.24) is 9.61 Å². The van der Waals surface area contributed by atoms with Crippen LogP contribution >= 0.6 is 0 Å². The van der Waals surface area contributed by atoms with Crippen LogP contribution in [-0.4, -0.2) is 9.61 Å². The van der Waals surface area contributed by atoms with Crippen LogP contribution in [-0.2, 0) is 6.54 Å². The number of rotatable bonds is 1. The van der Waals surface area contributed by atoms with Crippen molar-refractivity contribution in [3.63, 3.8) is 0 Å². The Balaban J connectivity index is 2.88. The molecule has 0 unspecified atom stereocenters. The van der Waals surface area contributed by atoms with E-state index in [4.69, 9.17) is 5.73 Å². The highest BCUT2D eigenvalue weighted by molar-refractivity contribution is 5.55. The lowest BCUT2D eigenvalue weighted by Crippen LogP contribution is -2.01. The van der Waals surface area contributed by atoms with Gasteiger partial charge in [0.25, 0.3) is 0 Å². The monoisotopic (exact) mass is 177 g/mol. The van der Waals surface area contributed by atoms with E-state index in [1.807, 2.05) is 6.92 Å². The summed E-state index contributed by atoms with van der Waals surface area (Å²) in [6.07, 6.45) is 1.71. The van der Waals surface area contributed by atoms with Gasteiger partial charge in [-0.3, -0.25) is 14.4 Å². The van der Waals surface area contributed by atoms with Crippen molar-refractivity contribution < 1.29 is 0 Å². The molecule has 4 heteroatoms. The standard InChI is InChI=1S/C9H11N3O/c1-6-8(5-10)9-4-7(13)2-3-12(9)11-6/h2-4,11H,5,10H2,1H3. The first-order chi connectivity index (χ1) is 6.22. The first-order valence-electron chi connectivity index (χ1n) is 4.12. The van der Waals surface area contributed by atoms with Crippen molar-refractivity contribution in [2.75, 3.05) is 0 Å². The summed E-state index contributed by atoms with van der Waals surface area (Å²) in [5.74, 6) is 0. The van der Waals surface area contributed by atoms with E-state index in [9.17, 15) is 4.79 Å². The van der Waals surface area contributed by atoms with E-state index in [-0.39, 0.29) is 5.43 Å². The van der Waals surface area contributed by atoms with Gasteiger partial charge < -0.3 is 5.73 Å². The van der Waals surface area contributed by atoms with Crippen LogP contribution in [0.2, 0.25) is 0 Å². The third-order valence-corrected chi connectivity index (χ3v) is 2.18. The highest BCUT2D eigenvalue weighted by Crippen LogP contribution is 2.11. The van der Waals surface area contributed by atoms with Gasteiger partial charge in [-0.15, -0.1) is 0 Å². The molecule has 0 aliphatic carbocycles. The van der Waals surface area contributed by atoms with E-state index in [1.54, 1.807) is 16.8 Å². The SMILES string of the molecule is Cc1[nH]n2ccc(=O)cc2c1CN. The van der Waals surface area contributed by atoms with Gasteiger partial charge in [-0.1, -0.05) is 0 Å². The van der Waals surface area contributed by atoms with E-state index in [0.717, 1.165) is 16.8 Å². The molecule has 13 heavy (non-hydrogen) atoms. The van der Waals surface area contributed by atoms with E-state index in [1.165, 1.54) is 6.07 Å². The van der Waals surface area contributed by atoms with Crippen LogP contribution in [0.3, 0.4) is 0 Å². The Bertz CT molecular complexity index is 495. The Labute approximate surface area is 75.0 Å². The van der Waals surface area contributed by atoms with Gasteiger partial charge in [0.1, 0.15) is 0 Å². The maximum absolute atomic E-state index is 11.1.